The van der Waals surface area contributed by atoms with Crippen LogP contribution in [0.5, 0.6) is 0 Å². The molecule has 1 aliphatic carbocycles. The third kappa shape index (κ3) is 2.24. The highest BCUT2D eigenvalue weighted by atomic mass is 32.1. The maximum Gasteiger partial charge on any atom is 0.321 e. The summed E-state index contributed by atoms with van der Waals surface area (Å²) in [4.78, 5) is 17.7. The van der Waals surface area contributed by atoms with Gasteiger partial charge in [-0.15, -0.1) is 11.3 Å². The largest absolute Gasteiger partial charge is 0.465 e. The van der Waals surface area contributed by atoms with Gasteiger partial charge in [-0.1, -0.05) is 17.6 Å². The second-order valence-corrected chi connectivity index (χ2v) is 5.96. The van der Waals surface area contributed by atoms with Gasteiger partial charge >= 0.3 is 5.97 Å². The zero-order valence-corrected chi connectivity index (χ0v) is 12.1. The van der Waals surface area contributed by atoms with Gasteiger partial charge in [-0.05, 0) is 31.2 Å². The number of hydrogen-bond acceptors (Lipinski definition) is 6. The van der Waals surface area contributed by atoms with Crippen LogP contribution in [0, 0.1) is 0 Å². The quantitative estimate of drug-likeness (QED) is 0.793. The first-order chi connectivity index (χ1) is 9.74. The summed E-state index contributed by atoms with van der Waals surface area (Å²) in [5, 5.41) is 6.01. The molecule has 6 heteroatoms. The zero-order chi connectivity index (χ0) is 14.0. The zero-order valence-electron chi connectivity index (χ0n) is 11.3. The minimum atomic E-state index is -0.698. The summed E-state index contributed by atoms with van der Waals surface area (Å²) in [6, 6.07) is 4.03. The number of nitrogens with zero attached hydrogens (tertiary/aromatic N) is 2. The number of carbonyl (C=O) groups is 1. The van der Waals surface area contributed by atoms with E-state index in [0.717, 1.165) is 19.3 Å². The van der Waals surface area contributed by atoms with Gasteiger partial charge in [0.2, 0.25) is 5.89 Å². The first-order valence-electron chi connectivity index (χ1n) is 6.77. The second kappa shape index (κ2) is 5.36. The fourth-order valence-electron chi connectivity index (χ4n) is 2.39. The molecular formula is C14H16N2O3S. The van der Waals surface area contributed by atoms with Crippen molar-refractivity contribution in [2.24, 2.45) is 0 Å². The molecule has 0 saturated heterocycles. The van der Waals surface area contributed by atoms with E-state index < -0.39 is 5.41 Å². The van der Waals surface area contributed by atoms with Crippen LogP contribution in [0.1, 0.15) is 42.8 Å². The summed E-state index contributed by atoms with van der Waals surface area (Å²) in [6.07, 6.45) is 3.08. The van der Waals surface area contributed by atoms with Gasteiger partial charge in [0.15, 0.2) is 5.82 Å². The molecule has 0 amide bonds. The SMILES string of the molecule is CCOC(=O)C1(c2nc(Cc3cccs3)no2)CCC1. The second-order valence-electron chi connectivity index (χ2n) is 4.93. The molecule has 0 bridgehead atoms. The molecule has 2 heterocycles. The molecule has 3 rings (SSSR count). The van der Waals surface area contributed by atoms with Crippen LogP contribution in [0.15, 0.2) is 22.0 Å². The molecule has 0 atom stereocenters. The fourth-order valence-corrected chi connectivity index (χ4v) is 3.10. The van der Waals surface area contributed by atoms with Crippen LogP contribution in [0.4, 0.5) is 0 Å². The maximum atomic E-state index is 12.1. The van der Waals surface area contributed by atoms with Gasteiger partial charge in [0.25, 0.3) is 0 Å². The van der Waals surface area contributed by atoms with Crippen LogP contribution < -0.4 is 0 Å². The van der Waals surface area contributed by atoms with Crippen LogP contribution in [-0.4, -0.2) is 22.7 Å². The summed E-state index contributed by atoms with van der Waals surface area (Å²) in [6.45, 7) is 2.18. The lowest BCUT2D eigenvalue weighted by atomic mass is 9.68. The Morgan fingerprint density at radius 2 is 2.40 bits per heavy atom. The van der Waals surface area contributed by atoms with E-state index in [0.29, 0.717) is 24.7 Å². The van der Waals surface area contributed by atoms with Crippen molar-refractivity contribution < 1.29 is 14.1 Å². The van der Waals surface area contributed by atoms with Gasteiger partial charge in [0.1, 0.15) is 5.41 Å². The summed E-state index contributed by atoms with van der Waals surface area (Å²) in [5.74, 6) is 0.796. The molecule has 1 fully saturated rings. The van der Waals surface area contributed by atoms with Crippen LogP contribution in [0.25, 0.3) is 0 Å². The van der Waals surface area contributed by atoms with Crippen molar-refractivity contribution in [1.82, 2.24) is 10.1 Å². The van der Waals surface area contributed by atoms with Gasteiger partial charge < -0.3 is 9.26 Å². The maximum absolute atomic E-state index is 12.1. The van der Waals surface area contributed by atoms with Crippen LogP contribution in [-0.2, 0) is 21.4 Å². The van der Waals surface area contributed by atoms with Crippen molar-refractivity contribution in [1.29, 1.82) is 0 Å². The van der Waals surface area contributed by atoms with Crippen molar-refractivity contribution in [2.75, 3.05) is 6.61 Å². The van der Waals surface area contributed by atoms with Gasteiger partial charge in [-0.3, -0.25) is 4.79 Å². The first kappa shape index (κ1) is 13.3. The predicted molar refractivity (Wildman–Crippen MR) is 73.6 cm³/mol. The van der Waals surface area contributed by atoms with E-state index in [1.54, 1.807) is 18.3 Å². The Bertz CT molecular complexity index is 587. The van der Waals surface area contributed by atoms with Crippen molar-refractivity contribution in [3.63, 3.8) is 0 Å². The van der Waals surface area contributed by atoms with E-state index in [-0.39, 0.29) is 5.97 Å². The molecule has 106 valence electrons. The van der Waals surface area contributed by atoms with Crippen molar-refractivity contribution in [2.45, 2.75) is 38.0 Å². The molecule has 0 unspecified atom stereocenters. The third-order valence-electron chi connectivity index (χ3n) is 3.66. The molecule has 1 aliphatic rings. The monoisotopic (exact) mass is 292 g/mol. The summed E-state index contributed by atoms with van der Waals surface area (Å²) >= 11 is 1.66. The standard InChI is InChI=1S/C14H16N2O3S/c1-2-18-13(17)14(6-4-7-14)12-15-11(16-19-12)9-10-5-3-8-20-10/h3,5,8H,2,4,6-7,9H2,1H3. The summed E-state index contributed by atoms with van der Waals surface area (Å²) in [7, 11) is 0. The lowest BCUT2D eigenvalue weighted by molar-refractivity contribution is -0.155. The average Bonchev–Trinajstić information content (AvgIpc) is 3.01. The van der Waals surface area contributed by atoms with E-state index in [4.69, 9.17) is 9.26 Å². The van der Waals surface area contributed by atoms with Gasteiger partial charge in [0.05, 0.1) is 6.61 Å². The van der Waals surface area contributed by atoms with E-state index in [9.17, 15) is 4.79 Å². The highest BCUT2D eigenvalue weighted by Gasteiger charge is 2.51. The van der Waals surface area contributed by atoms with E-state index in [1.165, 1.54) is 4.88 Å². The van der Waals surface area contributed by atoms with Crippen LogP contribution in [0.3, 0.4) is 0 Å². The number of hydrogen-bond donors (Lipinski definition) is 0. The number of thiophene rings is 1. The summed E-state index contributed by atoms with van der Waals surface area (Å²) < 4.78 is 10.5. The topological polar surface area (TPSA) is 65.2 Å². The van der Waals surface area contributed by atoms with Crippen molar-refractivity contribution in [3.05, 3.63) is 34.1 Å². The van der Waals surface area contributed by atoms with Gasteiger partial charge in [0, 0.05) is 11.3 Å². The minimum absolute atomic E-state index is 0.238. The highest BCUT2D eigenvalue weighted by molar-refractivity contribution is 7.09. The Kier molecular flexibility index (Phi) is 3.56. The Balaban J connectivity index is 1.79. The molecule has 20 heavy (non-hydrogen) atoms. The molecule has 0 spiro atoms. The Hall–Kier alpha value is -1.69. The normalized spacial score (nSPS) is 16.6. The molecule has 5 nitrogen and oxygen atoms in total. The third-order valence-corrected chi connectivity index (χ3v) is 4.54. The first-order valence-corrected chi connectivity index (χ1v) is 7.65. The molecule has 2 aromatic heterocycles. The Morgan fingerprint density at radius 3 is 3.00 bits per heavy atom. The van der Waals surface area contributed by atoms with Gasteiger partial charge in [-0.25, -0.2) is 0 Å². The smallest absolute Gasteiger partial charge is 0.321 e. The predicted octanol–water partition coefficient (Wildman–Crippen LogP) is 2.71. The van der Waals surface area contributed by atoms with E-state index >= 15 is 0 Å². The number of aromatic nitrogens is 2. The lowest BCUT2D eigenvalue weighted by Crippen LogP contribution is -2.44. The molecule has 2 aromatic rings. The molecule has 1 saturated carbocycles. The summed E-state index contributed by atoms with van der Waals surface area (Å²) in [5.41, 5.74) is -0.698. The average molecular weight is 292 g/mol. The molecular weight excluding hydrogens is 276 g/mol. The van der Waals surface area contributed by atoms with E-state index in [2.05, 4.69) is 10.1 Å². The van der Waals surface area contributed by atoms with Crippen molar-refractivity contribution in [3.8, 4) is 0 Å². The van der Waals surface area contributed by atoms with E-state index in [1.807, 2.05) is 17.5 Å². The van der Waals surface area contributed by atoms with Crippen LogP contribution in [0.2, 0.25) is 0 Å². The highest BCUT2D eigenvalue weighted by Crippen LogP contribution is 2.44. The lowest BCUT2D eigenvalue weighted by Gasteiger charge is -2.35. The molecule has 0 aliphatic heterocycles. The van der Waals surface area contributed by atoms with Gasteiger partial charge in [-0.2, -0.15) is 4.98 Å². The number of ether oxygens (including phenoxy) is 1. The minimum Gasteiger partial charge on any atom is -0.465 e. The van der Waals surface area contributed by atoms with Crippen LogP contribution >= 0.6 is 11.3 Å². The number of carbonyl (C=O) groups excluding carboxylic acids is 1. The Labute approximate surface area is 121 Å². The fraction of sp³-hybridized carbons (Fsp3) is 0.500. The number of rotatable bonds is 5. The molecule has 0 aromatic carbocycles. The molecule has 0 N–H and O–H groups in total. The number of esters is 1. The Morgan fingerprint density at radius 1 is 1.55 bits per heavy atom. The van der Waals surface area contributed by atoms with Crippen molar-refractivity contribution >= 4 is 17.3 Å². The molecule has 0 radical (unpaired) electrons.